The van der Waals surface area contributed by atoms with Gasteiger partial charge in [-0.05, 0) is 35.9 Å². The molecule has 0 spiro atoms. The molecule has 2 aromatic carbocycles. The van der Waals surface area contributed by atoms with Gasteiger partial charge in [0, 0.05) is 25.7 Å². The van der Waals surface area contributed by atoms with Gasteiger partial charge in [0.05, 0.1) is 17.6 Å². The Morgan fingerprint density at radius 3 is 2.40 bits per heavy atom. The summed E-state index contributed by atoms with van der Waals surface area (Å²) in [6, 6.07) is 11.1. The summed E-state index contributed by atoms with van der Waals surface area (Å²) < 4.78 is 31.9. The molecule has 0 unspecified atom stereocenters. The Kier molecular flexibility index (Phi) is 6.05. The van der Waals surface area contributed by atoms with Crippen LogP contribution < -0.4 is 10.1 Å². The topological polar surface area (TPSA) is 75.7 Å². The molecule has 0 fully saturated rings. The minimum absolute atomic E-state index is 0.0170. The number of rotatable bonds is 6. The number of benzene rings is 2. The number of hydrogen-bond acceptors (Lipinski definition) is 4. The molecule has 0 bridgehead atoms. The summed E-state index contributed by atoms with van der Waals surface area (Å²) in [6.07, 6.45) is 0. The smallest absolute Gasteiger partial charge is 0.254 e. The molecule has 6 nitrogen and oxygen atoms in total. The first kappa shape index (κ1) is 19.2. The molecule has 0 aliphatic carbocycles. The summed E-state index contributed by atoms with van der Waals surface area (Å²) in [5.41, 5.74) is 0.960. The van der Waals surface area contributed by atoms with E-state index in [2.05, 4.69) is 5.32 Å². The number of nitrogens with one attached hydrogen (secondary N) is 1. The lowest BCUT2D eigenvalue weighted by atomic mass is 10.2. The Morgan fingerprint density at radius 2 is 1.84 bits per heavy atom. The molecule has 25 heavy (non-hydrogen) atoms. The van der Waals surface area contributed by atoms with Crippen LogP contribution in [-0.4, -0.2) is 39.8 Å². The molecule has 2 rings (SSSR count). The molecule has 1 amide bonds. The quantitative estimate of drug-likeness (QED) is 0.833. The summed E-state index contributed by atoms with van der Waals surface area (Å²) in [4.78, 5) is 12.0. The Hall–Kier alpha value is -2.09. The van der Waals surface area contributed by atoms with Crippen molar-refractivity contribution in [2.24, 2.45) is 0 Å². The molecule has 0 saturated carbocycles. The van der Waals surface area contributed by atoms with Crippen LogP contribution in [-0.2, 0) is 16.6 Å². The fraction of sp³-hybridized carbons (Fsp3) is 0.235. The zero-order valence-corrected chi connectivity index (χ0v) is 15.7. The SMILES string of the molecule is CNC(=O)c1cc(S(=O)(=O)N(C)Cc2ccc(Cl)cc2)ccc1OC. The maximum atomic E-state index is 12.8. The van der Waals surface area contributed by atoms with Gasteiger partial charge in [0.25, 0.3) is 5.91 Å². The highest BCUT2D eigenvalue weighted by molar-refractivity contribution is 7.89. The summed E-state index contributed by atoms with van der Waals surface area (Å²) in [5, 5.41) is 3.05. The Bertz CT molecular complexity index is 867. The first-order chi connectivity index (χ1) is 11.8. The number of sulfonamides is 1. The summed E-state index contributed by atoms with van der Waals surface area (Å²) in [5.74, 6) is -0.118. The van der Waals surface area contributed by atoms with Crippen LogP contribution >= 0.6 is 11.6 Å². The van der Waals surface area contributed by atoms with Gasteiger partial charge >= 0.3 is 0 Å². The molecule has 1 N–H and O–H groups in total. The molecule has 0 heterocycles. The van der Waals surface area contributed by atoms with Crippen LogP contribution in [0.15, 0.2) is 47.4 Å². The number of ether oxygens (including phenoxy) is 1. The van der Waals surface area contributed by atoms with E-state index in [0.717, 1.165) is 5.56 Å². The molecule has 0 atom stereocenters. The molecule has 0 aliphatic heterocycles. The van der Waals surface area contributed by atoms with Crippen LogP contribution in [0.5, 0.6) is 5.75 Å². The predicted octanol–water partition coefficient (Wildman–Crippen LogP) is 2.53. The molecule has 8 heteroatoms. The largest absolute Gasteiger partial charge is 0.496 e. The Labute approximate surface area is 152 Å². The minimum atomic E-state index is -3.77. The van der Waals surface area contributed by atoms with Gasteiger partial charge in [-0.2, -0.15) is 4.31 Å². The predicted molar refractivity (Wildman–Crippen MR) is 96.5 cm³/mol. The van der Waals surface area contributed by atoms with Crippen molar-refractivity contribution in [1.82, 2.24) is 9.62 Å². The molecule has 0 saturated heterocycles. The van der Waals surface area contributed by atoms with Gasteiger partial charge in [-0.3, -0.25) is 4.79 Å². The van der Waals surface area contributed by atoms with E-state index in [4.69, 9.17) is 16.3 Å². The maximum Gasteiger partial charge on any atom is 0.254 e. The maximum absolute atomic E-state index is 12.8. The lowest BCUT2D eigenvalue weighted by Gasteiger charge is -2.18. The van der Waals surface area contributed by atoms with E-state index >= 15 is 0 Å². The van der Waals surface area contributed by atoms with Crippen molar-refractivity contribution in [3.8, 4) is 5.75 Å². The van der Waals surface area contributed by atoms with Crippen LogP contribution in [0.1, 0.15) is 15.9 Å². The summed E-state index contributed by atoms with van der Waals surface area (Å²) in [6.45, 7) is 0.181. The van der Waals surface area contributed by atoms with Crippen molar-refractivity contribution in [1.29, 1.82) is 0 Å². The number of carbonyl (C=O) groups excluding carboxylic acids is 1. The van der Waals surface area contributed by atoms with Gasteiger partial charge < -0.3 is 10.1 Å². The average Bonchev–Trinajstić information content (AvgIpc) is 2.62. The molecular formula is C17H19ClN2O4S. The zero-order valence-electron chi connectivity index (χ0n) is 14.1. The van der Waals surface area contributed by atoms with Gasteiger partial charge in [0.15, 0.2) is 0 Å². The van der Waals surface area contributed by atoms with Gasteiger partial charge in [0.2, 0.25) is 10.0 Å². The third-order valence-electron chi connectivity index (χ3n) is 3.67. The van der Waals surface area contributed by atoms with Gasteiger partial charge in [-0.1, -0.05) is 23.7 Å². The van der Waals surface area contributed by atoms with Crippen molar-refractivity contribution in [2.45, 2.75) is 11.4 Å². The highest BCUT2D eigenvalue weighted by atomic mass is 35.5. The van der Waals surface area contributed by atoms with E-state index in [0.29, 0.717) is 10.8 Å². The third kappa shape index (κ3) is 4.31. The van der Waals surface area contributed by atoms with Crippen LogP contribution in [0.4, 0.5) is 0 Å². The van der Waals surface area contributed by atoms with Gasteiger partial charge in [-0.25, -0.2) is 8.42 Å². The van der Waals surface area contributed by atoms with E-state index < -0.39 is 15.9 Å². The molecular weight excluding hydrogens is 364 g/mol. The summed E-state index contributed by atoms with van der Waals surface area (Å²) in [7, 11) is 0.595. The van der Waals surface area contributed by atoms with Gasteiger partial charge in [-0.15, -0.1) is 0 Å². The molecule has 2 aromatic rings. The molecule has 0 radical (unpaired) electrons. The Balaban J connectivity index is 2.34. The molecule has 0 aromatic heterocycles. The fourth-order valence-electron chi connectivity index (χ4n) is 2.27. The molecule has 134 valence electrons. The summed E-state index contributed by atoms with van der Waals surface area (Å²) >= 11 is 5.84. The number of nitrogens with zero attached hydrogens (tertiary/aromatic N) is 1. The van der Waals surface area contributed by atoms with E-state index in [-0.39, 0.29) is 17.0 Å². The number of carbonyl (C=O) groups is 1. The second-order valence-corrected chi connectivity index (χ2v) is 7.81. The van der Waals surface area contributed by atoms with E-state index in [1.165, 1.54) is 43.7 Å². The lowest BCUT2D eigenvalue weighted by molar-refractivity contribution is 0.0960. The highest BCUT2D eigenvalue weighted by Gasteiger charge is 2.23. The highest BCUT2D eigenvalue weighted by Crippen LogP contribution is 2.25. The van der Waals surface area contributed by atoms with Crippen molar-refractivity contribution < 1.29 is 17.9 Å². The minimum Gasteiger partial charge on any atom is -0.496 e. The lowest BCUT2D eigenvalue weighted by Crippen LogP contribution is -2.27. The van der Waals surface area contributed by atoms with Crippen LogP contribution in [0, 0.1) is 0 Å². The van der Waals surface area contributed by atoms with Crippen molar-refractivity contribution in [2.75, 3.05) is 21.2 Å². The van der Waals surface area contributed by atoms with Crippen molar-refractivity contribution >= 4 is 27.5 Å². The zero-order chi connectivity index (χ0) is 18.6. The number of methoxy groups -OCH3 is 1. The van der Waals surface area contributed by atoms with Gasteiger partial charge in [0.1, 0.15) is 5.75 Å². The number of hydrogen-bond donors (Lipinski definition) is 1. The van der Waals surface area contributed by atoms with Crippen molar-refractivity contribution in [3.05, 3.63) is 58.6 Å². The van der Waals surface area contributed by atoms with Crippen LogP contribution in [0.3, 0.4) is 0 Å². The third-order valence-corrected chi connectivity index (χ3v) is 5.72. The first-order valence-electron chi connectivity index (χ1n) is 7.40. The normalized spacial score (nSPS) is 11.4. The first-order valence-corrected chi connectivity index (χ1v) is 9.22. The van der Waals surface area contributed by atoms with E-state index in [1.54, 1.807) is 24.3 Å². The fourth-order valence-corrected chi connectivity index (χ4v) is 3.58. The number of halogens is 1. The monoisotopic (exact) mass is 382 g/mol. The second-order valence-electron chi connectivity index (χ2n) is 5.33. The van der Waals surface area contributed by atoms with Crippen LogP contribution in [0.25, 0.3) is 0 Å². The van der Waals surface area contributed by atoms with E-state index in [1.807, 2.05) is 0 Å². The second kappa shape index (κ2) is 7.86. The van der Waals surface area contributed by atoms with E-state index in [9.17, 15) is 13.2 Å². The number of amides is 1. The van der Waals surface area contributed by atoms with Crippen molar-refractivity contribution in [3.63, 3.8) is 0 Å². The van der Waals surface area contributed by atoms with Crippen LogP contribution in [0.2, 0.25) is 5.02 Å². The standard InChI is InChI=1S/C17H19ClN2O4S/c1-19-17(21)15-10-14(8-9-16(15)24-3)25(22,23)20(2)11-12-4-6-13(18)7-5-12/h4-10H,11H2,1-3H3,(H,19,21). The Morgan fingerprint density at radius 1 is 1.20 bits per heavy atom. The molecule has 0 aliphatic rings. The average molecular weight is 383 g/mol.